The summed E-state index contributed by atoms with van der Waals surface area (Å²) in [7, 11) is 0. The molecule has 1 aromatic carbocycles. The van der Waals surface area contributed by atoms with Gasteiger partial charge in [0.15, 0.2) is 18.1 Å². The number of likely N-dealkylation sites (N-methyl/N-ethyl adjacent to an activating group) is 1. The van der Waals surface area contributed by atoms with Crippen molar-refractivity contribution in [3.63, 3.8) is 0 Å². The molecule has 0 saturated carbocycles. The second-order valence-electron chi connectivity index (χ2n) is 4.82. The lowest BCUT2D eigenvalue weighted by atomic mass is 10.2. The van der Waals surface area contributed by atoms with Crippen molar-refractivity contribution in [2.45, 2.75) is 13.8 Å². The van der Waals surface area contributed by atoms with Gasteiger partial charge in [-0.2, -0.15) is 0 Å². The molecule has 0 aliphatic carbocycles. The van der Waals surface area contributed by atoms with E-state index in [1.807, 2.05) is 6.92 Å². The molecule has 1 aliphatic heterocycles. The summed E-state index contributed by atoms with van der Waals surface area (Å²) in [5, 5.41) is -0.278. The average Bonchev–Trinajstić information content (AvgIpc) is 2.80. The van der Waals surface area contributed by atoms with Gasteiger partial charge in [0.1, 0.15) is 0 Å². The lowest BCUT2D eigenvalue weighted by Crippen LogP contribution is -2.27. The lowest BCUT2D eigenvalue weighted by molar-refractivity contribution is -0.122. The molecule has 1 fully saturated rings. The Morgan fingerprint density at radius 3 is 2.58 bits per heavy atom. The number of carbonyl (C=O) groups is 3. The van der Waals surface area contributed by atoms with Crippen molar-refractivity contribution in [3.05, 3.63) is 28.7 Å². The second kappa shape index (κ2) is 7.87. The van der Waals surface area contributed by atoms with Gasteiger partial charge in [-0.15, -0.1) is 0 Å². The molecule has 1 aromatic rings. The highest BCUT2D eigenvalue weighted by Crippen LogP contribution is 2.34. The van der Waals surface area contributed by atoms with E-state index in [9.17, 15) is 14.4 Å². The molecule has 24 heavy (non-hydrogen) atoms. The van der Waals surface area contributed by atoms with Crippen molar-refractivity contribution in [1.82, 2.24) is 4.90 Å². The first-order chi connectivity index (χ1) is 11.5. The van der Waals surface area contributed by atoms with E-state index in [-0.39, 0.29) is 17.8 Å². The van der Waals surface area contributed by atoms with Crippen molar-refractivity contribution in [3.8, 4) is 11.5 Å². The van der Waals surface area contributed by atoms with E-state index in [0.717, 1.165) is 11.8 Å². The zero-order valence-electron chi connectivity index (χ0n) is 13.4. The van der Waals surface area contributed by atoms with Crippen LogP contribution in [0.15, 0.2) is 23.1 Å². The smallest absolute Gasteiger partial charge is 0.293 e. The van der Waals surface area contributed by atoms with Gasteiger partial charge in [0.2, 0.25) is 0 Å². The van der Waals surface area contributed by atoms with Crippen LogP contribution in [0.1, 0.15) is 19.4 Å². The molecule has 0 unspecified atom stereocenters. The number of rotatable bonds is 7. The molecule has 3 amide bonds. The van der Waals surface area contributed by atoms with E-state index in [0.29, 0.717) is 35.1 Å². The highest BCUT2D eigenvalue weighted by atomic mass is 32.2. The van der Waals surface area contributed by atoms with Crippen LogP contribution in [0.25, 0.3) is 6.08 Å². The molecule has 2 rings (SSSR count). The maximum absolute atomic E-state index is 12.1. The summed E-state index contributed by atoms with van der Waals surface area (Å²) in [5.74, 6) is -0.0778. The monoisotopic (exact) mass is 350 g/mol. The summed E-state index contributed by atoms with van der Waals surface area (Å²) in [4.78, 5) is 36.2. The zero-order chi connectivity index (χ0) is 17.7. The van der Waals surface area contributed by atoms with E-state index >= 15 is 0 Å². The first-order valence-corrected chi connectivity index (χ1v) is 8.21. The summed E-state index contributed by atoms with van der Waals surface area (Å²) >= 11 is 0.904. The molecule has 128 valence electrons. The van der Waals surface area contributed by atoms with Crippen molar-refractivity contribution < 1.29 is 23.9 Å². The molecular formula is C16H18N2O5S. The third-order valence-corrected chi connectivity index (χ3v) is 4.03. The van der Waals surface area contributed by atoms with E-state index in [2.05, 4.69) is 0 Å². The van der Waals surface area contributed by atoms with E-state index in [4.69, 9.17) is 15.2 Å². The number of ether oxygens (including phenoxy) is 2. The third kappa shape index (κ3) is 4.08. The number of hydrogen-bond acceptors (Lipinski definition) is 6. The number of primary amides is 1. The number of nitrogens with zero attached hydrogens (tertiary/aromatic N) is 1. The molecule has 1 aliphatic rings. The number of amides is 3. The molecule has 0 aromatic heterocycles. The summed E-state index contributed by atoms with van der Waals surface area (Å²) < 4.78 is 10.8. The molecule has 0 bridgehead atoms. The Morgan fingerprint density at radius 1 is 1.25 bits per heavy atom. The Morgan fingerprint density at radius 2 is 2.00 bits per heavy atom. The molecule has 8 heteroatoms. The van der Waals surface area contributed by atoms with Gasteiger partial charge < -0.3 is 15.2 Å². The maximum Gasteiger partial charge on any atom is 0.293 e. The van der Waals surface area contributed by atoms with Crippen LogP contribution in [0.3, 0.4) is 0 Å². The fourth-order valence-electron chi connectivity index (χ4n) is 2.07. The van der Waals surface area contributed by atoms with Gasteiger partial charge in [-0.05, 0) is 49.4 Å². The molecule has 0 atom stereocenters. The maximum atomic E-state index is 12.1. The lowest BCUT2D eigenvalue weighted by Gasteiger charge is -2.11. The predicted molar refractivity (Wildman–Crippen MR) is 90.7 cm³/mol. The van der Waals surface area contributed by atoms with Crippen LogP contribution in [0.2, 0.25) is 0 Å². The number of thioether (sulfide) groups is 1. The molecular weight excluding hydrogens is 332 g/mol. The van der Waals surface area contributed by atoms with Gasteiger partial charge in [0.05, 0.1) is 11.5 Å². The van der Waals surface area contributed by atoms with Crippen LogP contribution in [-0.4, -0.2) is 41.7 Å². The fraction of sp³-hybridized carbons (Fsp3) is 0.312. The first-order valence-electron chi connectivity index (χ1n) is 7.39. The minimum atomic E-state index is -0.588. The SMILES string of the molecule is CCOc1cc(/C=C2/SC(=O)N(CC)C2=O)ccc1OCC(N)=O. The predicted octanol–water partition coefficient (Wildman–Crippen LogP) is 2.01. The molecule has 1 heterocycles. The third-order valence-electron chi connectivity index (χ3n) is 3.13. The number of carbonyl (C=O) groups excluding carboxylic acids is 3. The number of hydrogen-bond donors (Lipinski definition) is 1. The number of benzene rings is 1. The number of nitrogens with two attached hydrogens (primary N) is 1. The summed E-state index contributed by atoms with van der Waals surface area (Å²) in [6.07, 6.45) is 1.63. The van der Waals surface area contributed by atoms with Crippen LogP contribution >= 0.6 is 11.8 Å². The average molecular weight is 350 g/mol. The Kier molecular flexibility index (Phi) is 5.86. The zero-order valence-corrected chi connectivity index (χ0v) is 14.2. The minimum absolute atomic E-state index is 0.255. The standard InChI is InChI=1S/C16H18N2O5S/c1-3-18-15(20)13(24-16(18)21)8-10-5-6-11(23-9-14(17)19)12(7-10)22-4-2/h5-8H,3-4,9H2,1-2H3,(H2,17,19)/b13-8+. The Labute approximate surface area is 143 Å². The van der Waals surface area contributed by atoms with Crippen LogP contribution in [-0.2, 0) is 9.59 Å². The number of imide groups is 1. The fourth-order valence-corrected chi connectivity index (χ4v) is 2.98. The molecule has 0 spiro atoms. The molecule has 7 nitrogen and oxygen atoms in total. The summed E-state index contributed by atoms with van der Waals surface area (Å²) in [5.41, 5.74) is 5.75. The highest BCUT2D eigenvalue weighted by Gasteiger charge is 2.33. The van der Waals surface area contributed by atoms with Gasteiger partial charge >= 0.3 is 0 Å². The Bertz CT molecular complexity index is 702. The van der Waals surface area contributed by atoms with Gasteiger partial charge in [0.25, 0.3) is 17.1 Å². The van der Waals surface area contributed by atoms with Gasteiger partial charge in [-0.25, -0.2) is 0 Å². The Balaban J connectivity index is 2.26. The quantitative estimate of drug-likeness (QED) is 0.755. The second-order valence-corrected chi connectivity index (χ2v) is 5.81. The molecule has 0 radical (unpaired) electrons. The van der Waals surface area contributed by atoms with Crippen molar-refractivity contribution >= 4 is 34.9 Å². The van der Waals surface area contributed by atoms with Crippen LogP contribution in [0, 0.1) is 0 Å². The topological polar surface area (TPSA) is 98.9 Å². The molecule has 1 saturated heterocycles. The highest BCUT2D eigenvalue weighted by molar-refractivity contribution is 8.18. The molecule has 2 N–H and O–H groups in total. The van der Waals surface area contributed by atoms with Gasteiger partial charge in [-0.1, -0.05) is 6.07 Å². The van der Waals surface area contributed by atoms with Gasteiger partial charge in [0, 0.05) is 6.54 Å². The van der Waals surface area contributed by atoms with Crippen LogP contribution in [0.5, 0.6) is 11.5 Å². The van der Waals surface area contributed by atoms with Crippen LogP contribution < -0.4 is 15.2 Å². The van der Waals surface area contributed by atoms with Crippen molar-refractivity contribution in [2.75, 3.05) is 19.8 Å². The minimum Gasteiger partial charge on any atom is -0.490 e. The van der Waals surface area contributed by atoms with Crippen LogP contribution in [0.4, 0.5) is 4.79 Å². The van der Waals surface area contributed by atoms with Gasteiger partial charge in [-0.3, -0.25) is 19.3 Å². The summed E-state index contributed by atoms with van der Waals surface area (Å²) in [6, 6.07) is 5.02. The van der Waals surface area contributed by atoms with Crippen molar-refractivity contribution in [1.29, 1.82) is 0 Å². The largest absolute Gasteiger partial charge is 0.490 e. The van der Waals surface area contributed by atoms with Crippen molar-refractivity contribution in [2.24, 2.45) is 5.73 Å². The Hall–Kier alpha value is -2.48. The van der Waals surface area contributed by atoms with E-state index < -0.39 is 5.91 Å². The van der Waals surface area contributed by atoms with E-state index in [1.165, 1.54) is 4.90 Å². The summed E-state index contributed by atoms with van der Waals surface area (Å²) in [6.45, 7) is 4.05. The normalized spacial score (nSPS) is 15.9. The van der Waals surface area contributed by atoms with E-state index in [1.54, 1.807) is 31.2 Å². The first kappa shape index (κ1) is 17.9.